The monoisotopic (exact) mass is 405 g/mol. The Hall–Kier alpha value is -3.67. The topological polar surface area (TPSA) is 128 Å². The van der Waals surface area contributed by atoms with Gasteiger partial charge in [-0.15, -0.1) is 0 Å². The van der Waals surface area contributed by atoms with Gasteiger partial charge in [-0.1, -0.05) is 6.08 Å². The molecule has 0 bridgehead atoms. The minimum absolute atomic E-state index is 0.0131. The second kappa shape index (κ2) is 7.99. The van der Waals surface area contributed by atoms with Crippen LogP contribution in [0.2, 0.25) is 0 Å². The Kier molecular flexibility index (Phi) is 5.60. The van der Waals surface area contributed by atoms with Gasteiger partial charge in [0.15, 0.2) is 16.9 Å². The number of benzene rings is 1. The first-order valence-corrected chi connectivity index (χ1v) is 9.34. The SMILES string of the molecule is COc1cc(C2C3CN(C)CC=C3C(C#N)=C(N)C2(C#N)C#N)cc(OC)c1OC. The van der Waals surface area contributed by atoms with Crippen molar-refractivity contribution < 1.29 is 14.2 Å². The van der Waals surface area contributed by atoms with Crippen LogP contribution in [0.4, 0.5) is 0 Å². The third-order valence-corrected chi connectivity index (χ3v) is 5.89. The molecule has 2 N–H and O–H groups in total. The maximum absolute atomic E-state index is 10.2. The molecule has 0 saturated carbocycles. The molecule has 3 rings (SSSR count). The lowest BCUT2D eigenvalue weighted by molar-refractivity contribution is 0.236. The van der Waals surface area contributed by atoms with Crippen LogP contribution in [-0.4, -0.2) is 46.4 Å². The van der Waals surface area contributed by atoms with E-state index in [0.29, 0.717) is 35.9 Å². The minimum Gasteiger partial charge on any atom is -0.493 e. The molecule has 0 saturated heterocycles. The molecule has 0 radical (unpaired) electrons. The number of allylic oxidation sites excluding steroid dienone is 2. The number of fused-ring (bicyclic) bond motifs is 1. The minimum atomic E-state index is -1.71. The molecule has 1 aliphatic heterocycles. The molecular formula is C22H23N5O3. The first-order chi connectivity index (χ1) is 14.4. The van der Waals surface area contributed by atoms with Crippen molar-refractivity contribution in [1.82, 2.24) is 4.90 Å². The van der Waals surface area contributed by atoms with E-state index in [9.17, 15) is 15.8 Å². The zero-order valence-corrected chi connectivity index (χ0v) is 17.4. The molecule has 8 heteroatoms. The summed E-state index contributed by atoms with van der Waals surface area (Å²) in [5, 5.41) is 30.1. The Labute approximate surface area is 175 Å². The Bertz CT molecular complexity index is 1010. The third kappa shape index (κ3) is 2.92. The van der Waals surface area contributed by atoms with Crippen LogP contribution in [0.25, 0.3) is 0 Å². The average Bonchev–Trinajstić information content (AvgIpc) is 2.77. The summed E-state index contributed by atoms with van der Waals surface area (Å²) in [5.74, 6) is 0.330. The molecule has 0 aromatic heterocycles. The van der Waals surface area contributed by atoms with E-state index in [4.69, 9.17) is 19.9 Å². The van der Waals surface area contributed by atoms with Crippen molar-refractivity contribution >= 4 is 0 Å². The van der Waals surface area contributed by atoms with Gasteiger partial charge >= 0.3 is 0 Å². The lowest BCUT2D eigenvalue weighted by Gasteiger charge is -2.45. The first-order valence-electron chi connectivity index (χ1n) is 9.34. The van der Waals surface area contributed by atoms with Crippen LogP contribution in [-0.2, 0) is 0 Å². The largest absolute Gasteiger partial charge is 0.493 e. The van der Waals surface area contributed by atoms with E-state index < -0.39 is 11.3 Å². The van der Waals surface area contributed by atoms with Gasteiger partial charge in [0.05, 0.1) is 44.7 Å². The van der Waals surface area contributed by atoms with Gasteiger partial charge in [0, 0.05) is 24.9 Å². The molecule has 1 aromatic rings. The predicted octanol–water partition coefficient (Wildman–Crippen LogP) is 2.07. The maximum Gasteiger partial charge on any atom is 0.203 e. The summed E-state index contributed by atoms with van der Waals surface area (Å²) in [6.07, 6.45) is 1.95. The second-order valence-electron chi connectivity index (χ2n) is 7.36. The van der Waals surface area contributed by atoms with Gasteiger partial charge in [-0.2, -0.15) is 15.8 Å². The Morgan fingerprint density at radius 1 is 1.07 bits per heavy atom. The Morgan fingerprint density at radius 2 is 1.67 bits per heavy atom. The fourth-order valence-electron chi connectivity index (χ4n) is 4.48. The van der Waals surface area contributed by atoms with Crippen LogP contribution < -0.4 is 19.9 Å². The van der Waals surface area contributed by atoms with Gasteiger partial charge in [0.1, 0.15) is 6.07 Å². The molecule has 1 heterocycles. The van der Waals surface area contributed by atoms with Gasteiger partial charge in [0.25, 0.3) is 0 Å². The number of methoxy groups -OCH3 is 3. The summed E-state index contributed by atoms with van der Waals surface area (Å²) in [7, 11) is 6.47. The molecule has 8 nitrogen and oxygen atoms in total. The van der Waals surface area contributed by atoms with E-state index in [1.165, 1.54) is 21.3 Å². The van der Waals surface area contributed by atoms with E-state index in [-0.39, 0.29) is 17.2 Å². The molecule has 0 fully saturated rings. The van der Waals surface area contributed by atoms with Crippen molar-refractivity contribution in [3.63, 3.8) is 0 Å². The number of likely N-dealkylation sites (N-methyl/N-ethyl adjacent to an activating group) is 1. The summed E-state index contributed by atoms with van der Waals surface area (Å²) in [6.45, 7) is 1.22. The lowest BCUT2D eigenvalue weighted by atomic mass is 9.58. The van der Waals surface area contributed by atoms with Crippen molar-refractivity contribution in [2.24, 2.45) is 17.1 Å². The van der Waals surface area contributed by atoms with E-state index >= 15 is 0 Å². The molecular weight excluding hydrogens is 382 g/mol. The second-order valence-corrected chi connectivity index (χ2v) is 7.36. The normalized spacial score (nSPS) is 22.6. The number of ether oxygens (including phenoxy) is 3. The summed E-state index contributed by atoms with van der Waals surface area (Å²) in [5.41, 5.74) is 6.25. The quantitative estimate of drug-likeness (QED) is 0.806. The standard InChI is InChI=1S/C22H23N5O3/c1-27-6-5-14-15(9-23)21(26)22(11-24,12-25)19(16(14)10-27)13-7-17(28-2)20(30-4)18(8-13)29-3/h5,7-8,16,19H,6,10,26H2,1-4H3. The molecule has 0 amide bonds. The average molecular weight is 405 g/mol. The summed E-state index contributed by atoms with van der Waals surface area (Å²) in [4.78, 5) is 2.08. The van der Waals surface area contributed by atoms with Crippen LogP contribution in [0.5, 0.6) is 17.2 Å². The highest BCUT2D eigenvalue weighted by atomic mass is 16.5. The molecule has 1 aliphatic carbocycles. The van der Waals surface area contributed by atoms with Crippen molar-refractivity contribution in [3.8, 4) is 35.5 Å². The Balaban J connectivity index is 2.37. The highest BCUT2D eigenvalue weighted by molar-refractivity contribution is 5.62. The zero-order chi connectivity index (χ0) is 22.1. The van der Waals surface area contributed by atoms with Gasteiger partial charge in [-0.25, -0.2) is 0 Å². The number of nitriles is 3. The lowest BCUT2D eigenvalue weighted by Crippen LogP contribution is -2.47. The van der Waals surface area contributed by atoms with E-state index in [2.05, 4.69) is 23.1 Å². The van der Waals surface area contributed by atoms with E-state index in [0.717, 1.165) is 5.57 Å². The molecule has 0 spiro atoms. The Morgan fingerprint density at radius 3 is 2.13 bits per heavy atom. The third-order valence-electron chi connectivity index (χ3n) is 5.89. The summed E-state index contributed by atoms with van der Waals surface area (Å²) < 4.78 is 16.4. The summed E-state index contributed by atoms with van der Waals surface area (Å²) >= 11 is 0. The molecule has 2 unspecified atom stereocenters. The van der Waals surface area contributed by atoms with Gasteiger partial charge in [-0.3, -0.25) is 0 Å². The van der Waals surface area contributed by atoms with Gasteiger partial charge in [0.2, 0.25) is 5.75 Å². The molecule has 30 heavy (non-hydrogen) atoms. The molecule has 2 atom stereocenters. The van der Waals surface area contributed by atoms with E-state index in [1.807, 2.05) is 13.1 Å². The highest BCUT2D eigenvalue weighted by Crippen LogP contribution is 2.55. The molecule has 1 aromatic carbocycles. The van der Waals surface area contributed by atoms with Gasteiger partial charge in [-0.05, 0) is 30.3 Å². The number of nitrogens with zero attached hydrogens (tertiary/aromatic N) is 4. The number of rotatable bonds is 4. The fraction of sp³-hybridized carbons (Fsp3) is 0.409. The van der Waals surface area contributed by atoms with Crippen LogP contribution in [0, 0.1) is 45.3 Å². The van der Waals surface area contributed by atoms with Crippen LogP contribution in [0.1, 0.15) is 11.5 Å². The molecule has 2 aliphatic rings. The van der Waals surface area contributed by atoms with Crippen molar-refractivity contribution in [3.05, 3.63) is 40.6 Å². The van der Waals surface area contributed by atoms with Gasteiger partial charge < -0.3 is 24.8 Å². The predicted molar refractivity (Wildman–Crippen MR) is 108 cm³/mol. The summed E-state index contributed by atoms with van der Waals surface area (Å²) in [6, 6.07) is 9.86. The van der Waals surface area contributed by atoms with E-state index in [1.54, 1.807) is 12.1 Å². The zero-order valence-electron chi connectivity index (χ0n) is 17.4. The van der Waals surface area contributed by atoms with Crippen LogP contribution in [0.15, 0.2) is 35.1 Å². The highest BCUT2D eigenvalue weighted by Gasteiger charge is 2.54. The number of nitrogens with two attached hydrogens (primary N) is 1. The van der Waals surface area contributed by atoms with Crippen molar-refractivity contribution in [2.75, 3.05) is 41.5 Å². The molecule has 154 valence electrons. The van der Waals surface area contributed by atoms with Crippen molar-refractivity contribution in [2.45, 2.75) is 5.92 Å². The van der Waals surface area contributed by atoms with Crippen molar-refractivity contribution in [1.29, 1.82) is 15.8 Å². The number of hydrogen-bond donors (Lipinski definition) is 1. The number of hydrogen-bond acceptors (Lipinski definition) is 8. The fourth-order valence-corrected chi connectivity index (χ4v) is 4.48. The van der Waals surface area contributed by atoms with Crippen LogP contribution in [0.3, 0.4) is 0 Å². The van der Waals surface area contributed by atoms with Crippen LogP contribution >= 0.6 is 0 Å². The maximum atomic E-state index is 10.2. The first kappa shape index (κ1) is 21.0. The smallest absolute Gasteiger partial charge is 0.203 e.